The number of carbonyl (C=O) groups excluding carboxylic acids is 1. The zero-order chi connectivity index (χ0) is 16.6. The minimum Gasteiger partial charge on any atom is -0.473 e. The van der Waals surface area contributed by atoms with Gasteiger partial charge < -0.3 is 15.1 Å². The number of carbonyl (C=O) groups is 3. The zero-order valence-corrected chi connectivity index (χ0v) is 12.4. The maximum Gasteiger partial charge on any atom is 0.414 e. The van der Waals surface area contributed by atoms with Gasteiger partial charge in [-0.3, -0.25) is 4.79 Å². The number of rotatable bonds is 4. The Morgan fingerprint density at radius 3 is 1.86 bits per heavy atom. The summed E-state index contributed by atoms with van der Waals surface area (Å²) in [7, 11) is 3.81. The molecule has 0 atom stereocenters. The molecule has 0 aliphatic rings. The molecule has 0 heterocycles. The van der Waals surface area contributed by atoms with Crippen molar-refractivity contribution in [1.82, 2.24) is 4.90 Å². The van der Waals surface area contributed by atoms with Gasteiger partial charge in [-0.2, -0.15) is 0 Å². The van der Waals surface area contributed by atoms with E-state index in [1.165, 1.54) is 0 Å². The fraction of sp³-hybridized carbons (Fsp3) is 0.214. The largest absolute Gasteiger partial charge is 0.473 e. The average Bonchev–Trinajstić information content (AvgIpc) is 2.38. The van der Waals surface area contributed by atoms with Crippen molar-refractivity contribution in [3.63, 3.8) is 0 Å². The second kappa shape index (κ2) is 8.89. The number of aliphatic carboxylic acids is 2. The summed E-state index contributed by atoms with van der Waals surface area (Å²) in [6, 6.07) is 6.84. The van der Waals surface area contributed by atoms with Crippen LogP contribution in [0.5, 0.6) is 0 Å². The lowest BCUT2D eigenvalue weighted by molar-refractivity contribution is -0.159. The topological polar surface area (TPSA) is 94.9 Å². The second-order valence-electron chi connectivity index (χ2n) is 4.29. The summed E-state index contributed by atoms with van der Waals surface area (Å²) >= 11 is 5.74. The highest BCUT2D eigenvalue weighted by Gasteiger charge is 2.10. The first-order valence-corrected chi connectivity index (χ1v) is 6.12. The summed E-state index contributed by atoms with van der Waals surface area (Å²) in [6.07, 6.45) is 0. The van der Waals surface area contributed by atoms with E-state index in [0.29, 0.717) is 22.7 Å². The van der Waals surface area contributed by atoms with Crippen molar-refractivity contribution in [3.05, 3.63) is 47.0 Å². The van der Waals surface area contributed by atoms with Gasteiger partial charge in [0.05, 0.1) is 0 Å². The molecular formula is C14H16ClNO5. The predicted molar refractivity (Wildman–Crippen MR) is 78.7 cm³/mol. The van der Waals surface area contributed by atoms with E-state index in [1.54, 1.807) is 24.3 Å². The van der Waals surface area contributed by atoms with Crippen LogP contribution in [0.1, 0.15) is 10.4 Å². The molecule has 0 radical (unpaired) electrons. The molecule has 1 aromatic rings. The molecular weight excluding hydrogens is 298 g/mol. The van der Waals surface area contributed by atoms with Crippen molar-refractivity contribution in [3.8, 4) is 0 Å². The Bertz CT molecular complexity index is 525. The first-order valence-electron chi connectivity index (χ1n) is 5.74. The van der Waals surface area contributed by atoms with Crippen molar-refractivity contribution in [1.29, 1.82) is 0 Å². The molecule has 0 spiro atoms. The molecule has 0 bridgehead atoms. The normalized spacial score (nSPS) is 9.52. The lowest BCUT2D eigenvalue weighted by Crippen LogP contribution is -2.19. The van der Waals surface area contributed by atoms with Gasteiger partial charge in [-0.1, -0.05) is 18.2 Å². The van der Waals surface area contributed by atoms with Crippen molar-refractivity contribution in [2.75, 3.05) is 20.6 Å². The molecule has 0 unspecified atom stereocenters. The van der Waals surface area contributed by atoms with E-state index in [2.05, 4.69) is 6.58 Å². The van der Waals surface area contributed by atoms with Crippen LogP contribution in [0.3, 0.4) is 0 Å². The van der Waals surface area contributed by atoms with Crippen LogP contribution in [0, 0.1) is 0 Å². The molecule has 1 aromatic carbocycles. The van der Waals surface area contributed by atoms with Gasteiger partial charge in [0.15, 0.2) is 5.78 Å². The van der Waals surface area contributed by atoms with Crippen LogP contribution < -0.4 is 0 Å². The van der Waals surface area contributed by atoms with Crippen LogP contribution in [0.2, 0.25) is 5.02 Å². The van der Waals surface area contributed by atoms with E-state index in [0.717, 1.165) is 0 Å². The van der Waals surface area contributed by atoms with Gasteiger partial charge in [0.25, 0.3) is 0 Å². The summed E-state index contributed by atoms with van der Waals surface area (Å²) in [4.78, 5) is 31.9. The molecule has 2 N–H and O–H groups in total. The SMILES string of the molecule is C=C(CN(C)C)C(=O)c1ccc(Cl)cc1.O=C(O)C(=O)O. The fourth-order valence-electron chi connectivity index (χ4n) is 1.26. The maximum atomic E-state index is 11.8. The lowest BCUT2D eigenvalue weighted by atomic mass is 10.0. The third-order valence-corrected chi connectivity index (χ3v) is 2.37. The second-order valence-corrected chi connectivity index (χ2v) is 4.72. The van der Waals surface area contributed by atoms with E-state index in [-0.39, 0.29) is 5.78 Å². The van der Waals surface area contributed by atoms with Gasteiger partial charge in [0.1, 0.15) is 0 Å². The summed E-state index contributed by atoms with van der Waals surface area (Å²) in [5.74, 6) is -3.68. The monoisotopic (exact) mass is 313 g/mol. The number of halogens is 1. The molecule has 0 aliphatic heterocycles. The average molecular weight is 314 g/mol. The Labute approximate surface area is 127 Å². The summed E-state index contributed by atoms with van der Waals surface area (Å²) < 4.78 is 0. The quantitative estimate of drug-likeness (QED) is 0.500. The highest BCUT2D eigenvalue weighted by molar-refractivity contribution is 6.30. The molecule has 114 valence electrons. The summed E-state index contributed by atoms with van der Waals surface area (Å²) in [5, 5.41) is 15.4. The van der Waals surface area contributed by atoms with Crippen molar-refractivity contribution >= 4 is 29.3 Å². The van der Waals surface area contributed by atoms with Gasteiger partial charge in [0.2, 0.25) is 0 Å². The molecule has 1 rings (SSSR count). The fourth-order valence-corrected chi connectivity index (χ4v) is 1.38. The first kappa shape index (κ1) is 18.8. The van der Waals surface area contributed by atoms with Crippen LogP contribution in [0.4, 0.5) is 0 Å². The molecule has 0 aromatic heterocycles. The molecule has 7 heteroatoms. The van der Waals surface area contributed by atoms with Gasteiger partial charge >= 0.3 is 11.9 Å². The maximum absolute atomic E-state index is 11.8. The van der Waals surface area contributed by atoms with Crippen LogP contribution >= 0.6 is 11.6 Å². The van der Waals surface area contributed by atoms with Crippen molar-refractivity contribution in [2.24, 2.45) is 0 Å². The van der Waals surface area contributed by atoms with Crippen LogP contribution in [-0.4, -0.2) is 53.5 Å². The molecule has 0 saturated carbocycles. The number of nitrogens with zero attached hydrogens (tertiary/aromatic N) is 1. The van der Waals surface area contributed by atoms with Crippen molar-refractivity contribution in [2.45, 2.75) is 0 Å². The number of hydrogen-bond acceptors (Lipinski definition) is 4. The standard InChI is InChI=1S/C12H14ClNO.C2H2O4/c1-9(8-14(2)3)12(15)10-4-6-11(13)7-5-10;3-1(4)2(5)6/h4-7H,1,8H2,2-3H3;(H,3,4)(H,5,6). The third-order valence-electron chi connectivity index (χ3n) is 2.12. The minimum absolute atomic E-state index is 0.0274. The summed E-state index contributed by atoms with van der Waals surface area (Å²) in [5.41, 5.74) is 1.22. The van der Waals surface area contributed by atoms with Gasteiger partial charge in [0, 0.05) is 22.7 Å². The number of Topliss-reactive ketones (excluding diaryl/α,β-unsaturated/α-hetero) is 1. The lowest BCUT2D eigenvalue weighted by Gasteiger charge is -2.11. The van der Waals surface area contributed by atoms with E-state index < -0.39 is 11.9 Å². The molecule has 0 aliphatic carbocycles. The zero-order valence-electron chi connectivity index (χ0n) is 11.7. The van der Waals surface area contributed by atoms with Gasteiger partial charge in [-0.15, -0.1) is 0 Å². The third kappa shape index (κ3) is 7.86. The highest BCUT2D eigenvalue weighted by atomic mass is 35.5. The predicted octanol–water partition coefficient (Wildman–Crippen LogP) is 1.80. The number of hydrogen-bond donors (Lipinski definition) is 2. The number of likely N-dealkylation sites (N-methyl/N-ethyl adjacent to an activating group) is 1. The van der Waals surface area contributed by atoms with E-state index in [1.807, 2.05) is 19.0 Å². The Hall–Kier alpha value is -2.18. The van der Waals surface area contributed by atoms with Gasteiger partial charge in [-0.25, -0.2) is 9.59 Å². The molecule has 0 fully saturated rings. The summed E-state index contributed by atoms with van der Waals surface area (Å²) in [6.45, 7) is 4.34. The minimum atomic E-state index is -1.82. The Balaban J connectivity index is 0.000000567. The molecule has 0 amide bonds. The Morgan fingerprint density at radius 2 is 1.52 bits per heavy atom. The number of benzene rings is 1. The Morgan fingerprint density at radius 1 is 1.10 bits per heavy atom. The molecule has 0 saturated heterocycles. The van der Waals surface area contributed by atoms with Crippen LogP contribution in [0.15, 0.2) is 36.4 Å². The van der Waals surface area contributed by atoms with Crippen LogP contribution in [-0.2, 0) is 9.59 Å². The number of carboxylic acid groups (broad SMARTS) is 2. The number of ketones is 1. The number of carboxylic acids is 2. The van der Waals surface area contributed by atoms with E-state index in [4.69, 9.17) is 31.4 Å². The van der Waals surface area contributed by atoms with E-state index in [9.17, 15) is 4.79 Å². The Kier molecular flexibility index (Phi) is 7.96. The molecule has 6 nitrogen and oxygen atoms in total. The van der Waals surface area contributed by atoms with Gasteiger partial charge in [-0.05, 0) is 38.4 Å². The first-order chi connectivity index (χ1) is 9.65. The highest BCUT2D eigenvalue weighted by Crippen LogP contribution is 2.12. The van der Waals surface area contributed by atoms with E-state index >= 15 is 0 Å². The molecule has 21 heavy (non-hydrogen) atoms. The smallest absolute Gasteiger partial charge is 0.414 e. The van der Waals surface area contributed by atoms with Crippen LogP contribution in [0.25, 0.3) is 0 Å². The van der Waals surface area contributed by atoms with Crippen molar-refractivity contribution < 1.29 is 24.6 Å².